The molecule has 1 aromatic carbocycles. The Balaban J connectivity index is 3.24. The number of hydrogen-bond donors (Lipinski definition) is 2. The van der Waals surface area contributed by atoms with Gasteiger partial charge in [0.2, 0.25) is 0 Å². The van der Waals surface area contributed by atoms with Gasteiger partial charge in [-0.25, -0.2) is 4.39 Å². The van der Waals surface area contributed by atoms with Crippen LogP contribution in [0.4, 0.5) is 4.39 Å². The summed E-state index contributed by atoms with van der Waals surface area (Å²) in [4.78, 5) is 0. The normalized spacial score (nSPS) is 15.2. The predicted octanol–water partition coefficient (Wildman–Crippen LogP) is 1.69. The number of benzene rings is 1. The Morgan fingerprint density at radius 1 is 1.57 bits per heavy atom. The largest absolute Gasteiger partial charge is 0.395 e. The Morgan fingerprint density at radius 2 is 2.21 bits per heavy atom. The van der Waals surface area contributed by atoms with E-state index >= 15 is 0 Å². The molecule has 0 bridgehead atoms. The summed E-state index contributed by atoms with van der Waals surface area (Å²) in [6, 6.07) is 4.70. The molecule has 78 valence electrons. The van der Waals surface area contributed by atoms with Crippen molar-refractivity contribution in [3.63, 3.8) is 0 Å². The number of aliphatic hydroxyl groups excluding tert-OH is 1. The number of aliphatic hydroxyl groups is 1. The van der Waals surface area contributed by atoms with Crippen molar-refractivity contribution in [2.24, 2.45) is 5.73 Å². The molecule has 0 heterocycles. The van der Waals surface area contributed by atoms with Crippen molar-refractivity contribution in [3.05, 3.63) is 34.6 Å². The van der Waals surface area contributed by atoms with Gasteiger partial charge in [-0.15, -0.1) is 0 Å². The van der Waals surface area contributed by atoms with E-state index in [0.29, 0.717) is 5.56 Å². The van der Waals surface area contributed by atoms with Gasteiger partial charge in [0.05, 0.1) is 11.6 Å². The lowest BCUT2D eigenvalue weighted by atomic mass is 9.83. The van der Waals surface area contributed by atoms with Gasteiger partial charge >= 0.3 is 0 Å². The van der Waals surface area contributed by atoms with E-state index in [9.17, 15) is 4.39 Å². The highest BCUT2D eigenvalue weighted by atomic mass is 35.5. The highest BCUT2D eigenvalue weighted by molar-refractivity contribution is 6.30. The minimum Gasteiger partial charge on any atom is -0.395 e. The number of nitrogens with two attached hydrogens (primary N) is 1. The zero-order chi connectivity index (χ0) is 10.8. The summed E-state index contributed by atoms with van der Waals surface area (Å²) < 4.78 is 13.6. The first-order valence-corrected chi connectivity index (χ1v) is 4.68. The molecule has 0 saturated carbocycles. The molecule has 1 rings (SSSR count). The molecular formula is C10H13ClFNO. The summed E-state index contributed by atoms with van der Waals surface area (Å²) in [6.45, 7) is 1.66. The molecule has 1 atom stereocenters. The first-order chi connectivity index (χ1) is 6.55. The Bertz CT molecular complexity index is 326. The number of halogens is 2. The summed E-state index contributed by atoms with van der Waals surface area (Å²) in [6.07, 6.45) is 0. The molecule has 0 amide bonds. The summed E-state index contributed by atoms with van der Waals surface area (Å²) in [5, 5.41) is 9.22. The van der Waals surface area contributed by atoms with E-state index < -0.39 is 11.2 Å². The van der Waals surface area contributed by atoms with Crippen molar-refractivity contribution in [1.82, 2.24) is 0 Å². The maximum absolute atomic E-state index is 13.6. The molecule has 4 heteroatoms. The van der Waals surface area contributed by atoms with Gasteiger partial charge < -0.3 is 10.8 Å². The predicted molar refractivity (Wildman–Crippen MR) is 54.9 cm³/mol. The summed E-state index contributed by atoms with van der Waals surface area (Å²) in [5.74, 6) is -0.504. The van der Waals surface area contributed by atoms with Gasteiger partial charge in [-0.2, -0.15) is 0 Å². The number of rotatable bonds is 3. The number of hydrogen-bond acceptors (Lipinski definition) is 2. The molecule has 0 aromatic heterocycles. The lowest BCUT2D eigenvalue weighted by molar-refractivity contribution is 0.206. The molecule has 0 saturated heterocycles. The Hall–Kier alpha value is -0.640. The van der Waals surface area contributed by atoms with E-state index in [4.69, 9.17) is 22.4 Å². The molecule has 0 spiro atoms. The highest BCUT2D eigenvalue weighted by Crippen LogP contribution is 2.28. The minimum absolute atomic E-state index is 0.0515. The first kappa shape index (κ1) is 11.4. The van der Waals surface area contributed by atoms with Crippen molar-refractivity contribution >= 4 is 11.6 Å². The van der Waals surface area contributed by atoms with Gasteiger partial charge in [-0.1, -0.05) is 30.7 Å². The molecule has 1 aromatic rings. The fraction of sp³-hybridized carbons (Fsp3) is 0.400. The van der Waals surface area contributed by atoms with Crippen LogP contribution < -0.4 is 5.73 Å². The monoisotopic (exact) mass is 217 g/mol. The molecule has 0 fully saturated rings. The standard InChI is InChI=1S/C10H13ClFNO/c1-10(5-13,6-14)7-3-2-4-8(11)9(7)12/h2-4,14H,5-6,13H2,1H3. The van der Waals surface area contributed by atoms with Crippen molar-refractivity contribution in [2.75, 3.05) is 13.2 Å². The average molecular weight is 218 g/mol. The third-order valence-electron chi connectivity index (χ3n) is 2.40. The first-order valence-electron chi connectivity index (χ1n) is 4.30. The smallest absolute Gasteiger partial charge is 0.145 e. The van der Waals surface area contributed by atoms with E-state index in [1.807, 2.05) is 0 Å². The van der Waals surface area contributed by atoms with Crippen molar-refractivity contribution < 1.29 is 9.50 Å². The van der Waals surface area contributed by atoms with Gasteiger partial charge in [-0.05, 0) is 11.6 Å². The van der Waals surface area contributed by atoms with Gasteiger partial charge in [0.15, 0.2) is 0 Å². The van der Waals surface area contributed by atoms with Crippen LogP contribution in [-0.4, -0.2) is 18.3 Å². The molecule has 1 unspecified atom stereocenters. The van der Waals surface area contributed by atoms with E-state index in [2.05, 4.69) is 0 Å². The average Bonchev–Trinajstić information content (AvgIpc) is 2.21. The Labute approximate surface area is 87.5 Å². The highest BCUT2D eigenvalue weighted by Gasteiger charge is 2.28. The second kappa shape index (κ2) is 4.26. The topological polar surface area (TPSA) is 46.2 Å². The zero-order valence-corrected chi connectivity index (χ0v) is 8.68. The fourth-order valence-electron chi connectivity index (χ4n) is 1.23. The van der Waals surface area contributed by atoms with Crippen molar-refractivity contribution in [1.29, 1.82) is 0 Å². The SMILES string of the molecule is CC(CN)(CO)c1cccc(Cl)c1F. The maximum Gasteiger partial charge on any atom is 0.145 e. The van der Waals surface area contributed by atoms with Crippen LogP contribution in [0.3, 0.4) is 0 Å². The molecule has 3 N–H and O–H groups in total. The van der Waals surface area contributed by atoms with Crippen molar-refractivity contribution in [3.8, 4) is 0 Å². The van der Waals surface area contributed by atoms with Crippen LogP contribution in [0.1, 0.15) is 12.5 Å². The minimum atomic E-state index is -0.769. The van der Waals surface area contributed by atoms with Crippen LogP contribution in [0.15, 0.2) is 18.2 Å². The van der Waals surface area contributed by atoms with E-state index in [-0.39, 0.29) is 18.2 Å². The van der Waals surface area contributed by atoms with Crippen LogP contribution in [0.2, 0.25) is 5.02 Å². The molecule has 0 aliphatic heterocycles. The molecule has 2 nitrogen and oxygen atoms in total. The van der Waals surface area contributed by atoms with Crippen LogP contribution in [0.25, 0.3) is 0 Å². The molecule has 0 aliphatic carbocycles. The van der Waals surface area contributed by atoms with Gasteiger partial charge in [0, 0.05) is 12.0 Å². The Kier molecular flexibility index (Phi) is 3.48. The van der Waals surface area contributed by atoms with E-state index in [1.54, 1.807) is 19.1 Å². The Morgan fingerprint density at radius 3 is 2.71 bits per heavy atom. The fourth-order valence-corrected chi connectivity index (χ4v) is 1.40. The second-order valence-electron chi connectivity index (χ2n) is 3.52. The zero-order valence-electron chi connectivity index (χ0n) is 7.93. The van der Waals surface area contributed by atoms with Crippen molar-refractivity contribution in [2.45, 2.75) is 12.3 Å². The lowest BCUT2D eigenvalue weighted by Gasteiger charge is -2.26. The second-order valence-corrected chi connectivity index (χ2v) is 3.93. The van der Waals surface area contributed by atoms with E-state index in [1.165, 1.54) is 6.07 Å². The quantitative estimate of drug-likeness (QED) is 0.810. The van der Waals surface area contributed by atoms with Crippen LogP contribution in [-0.2, 0) is 5.41 Å². The molecular weight excluding hydrogens is 205 g/mol. The lowest BCUT2D eigenvalue weighted by Crippen LogP contribution is -2.36. The maximum atomic E-state index is 13.6. The van der Waals surface area contributed by atoms with Crippen LogP contribution in [0, 0.1) is 5.82 Å². The van der Waals surface area contributed by atoms with Crippen LogP contribution in [0.5, 0.6) is 0 Å². The molecule has 14 heavy (non-hydrogen) atoms. The van der Waals surface area contributed by atoms with Crippen LogP contribution >= 0.6 is 11.6 Å². The third kappa shape index (κ3) is 1.90. The summed E-state index contributed by atoms with van der Waals surface area (Å²) in [7, 11) is 0. The van der Waals surface area contributed by atoms with Gasteiger partial charge in [0.25, 0.3) is 0 Å². The van der Waals surface area contributed by atoms with Gasteiger partial charge in [0.1, 0.15) is 5.82 Å². The summed E-state index contributed by atoms with van der Waals surface area (Å²) >= 11 is 5.64. The molecule has 0 radical (unpaired) electrons. The summed E-state index contributed by atoms with van der Waals surface area (Å²) in [5.41, 5.74) is 5.09. The van der Waals surface area contributed by atoms with Gasteiger partial charge in [-0.3, -0.25) is 0 Å². The molecule has 0 aliphatic rings. The van der Waals surface area contributed by atoms with E-state index in [0.717, 1.165) is 0 Å². The third-order valence-corrected chi connectivity index (χ3v) is 2.69.